The normalized spacial score (nSPS) is 22.4. The standard InChI is InChI=1S/C25H44N2O5/c1-15(2)12-18-14-20(22(29)31-24(6,7)8)27(23(30)32-25(9,10)11)21(18)19(13-16(3)4)26-17(5)28/h12,16,18-21H,13-14H2,1-11H3,(H,26,28)/t18-,19+,20?,21-/m1/s1. The van der Waals surface area contributed by atoms with Crippen LogP contribution < -0.4 is 5.32 Å². The molecule has 1 N–H and O–H groups in total. The average Bonchev–Trinajstić information content (AvgIpc) is 2.88. The Kier molecular flexibility index (Phi) is 9.37. The second kappa shape index (κ2) is 10.7. The van der Waals surface area contributed by atoms with E-state index in [1.54, 1.807) is 20.8 Å². The second-order valence-electron chi connectivity index (χ2n) is 11.5. The largest absolute Gasteiger partial charge is 0.458 e. The Bertz CT molecular complexity index is 711. The van der Waals surface area contributed by atoms with Crippen LogP contribution in [0.3, 0.4) is 0 Å². The summed E-state index contributed by atoms with van der Waals surface area (Å²) in [6.45, 7) is 20.4. The SMILES string of the molecule is CC(=O)N[C@@H](CC(C)C)[C@H]1[C@H](C=C(C)C)CC(C(=O)OC(C)(C)C)N1C(=O)OC(C)(C)C. The molecule has 1 aliphatic rings. The molecule has 32 heavy (non-hydrogen) atoms. The quantitative estimate of drug-likeness (QED) is 0.460. The summed E-state index contributed by atoms with van der Waals surface area (Å²) in [7, 11) is 0. The molecule has 0 aliphatic carbocycles. The van der Waals surface area contributed by atoms with E-state index in [1.807, 2.05) is 34.6 Å². The molecule has 0 bridgehead atoms. The monoisotopic (exact) mass is 452 g/mol. The average molecular weight is 453 g/mol. The lowest BCUT2D eigenvalue weighted by Gasteiger charge is -2.38. The van der Waals surface area contributed by atoms with Gasteiger partial charge in [0.1, 0.15) is 17.2 Å². The van der Waals surface area contributed by atoms with Gasteiger partial charge in [-0.2, -0.15) is 0 Å². The van der Waals surface area contributed by atoms with Crippen LogP contribution in [0.1, 0.15) is 89.0 Å². The predicted molar refractivity (Wildman–Crippen MR) is 126 cm³/mol. The first-order chi connectivity index (χ1) is 14.4. The Labute approximate surface area is 194 Å². The van der Waals surface area contributed by atoms with Gasteiger partial charge in [-0.25, -0.2) is 9.59 Å². The van der Waals surface area contributed by atoms with Crippen molar-refractivity contribution in [3.05, 3.63) is 11.6 Å². The minimum absolute atomic E-state index is 0.124. The summed E-state index contributed by atoms with van der Waals surface area (Å²) >= 11 is 0. The Hall–Kier alpha value is -2.05. The number of allylic oxidation sites excluding steroid dienone is 1. The summed E-state index contributed by atoms with van der Waals surface area (Å²) in [5.41, 5.74) is -0.327. The smallest absolute Gasteiger partial charge is 0.411 e. The molecule has 1 aliphatic heterocycles. The van der Waals surface area contributed by atoms with E-state index >= 15 is 0 Å². The Morgan fingerprint density at radius 2 is 1.53 bits per heavy atom. The number of carbonyl (C=O) groups excluding carboxylic acids is 3. The highest BCUT2D eigenvalue weighted by Crippen LogP contribution is 2.37. The van der Waals surface area contributed by atoms with Crippen LogP contribution in [0.2, 0.25) is 0 Å². The third-order valence-corrected chi connectivity index (χ3v) is 4.95. The Morgan fingerprint density at radius 1 is 1.00 bits per heavy atom. The van der Waals surface area contributed by atoms with E-state index in [0.717, 1.165) is 5.57 Å². The predicted octanol–water partition coefficient (Wildman–Crippen LogP) is 4.84. The zero-order valence-corrected chi connectivity index (χ0v) is 21.9. The first kappa shape index (κ1) is 28.0. The number of rotatable bonds is 6. The number of nitrogens with zero attached hydrogens (tertiary/aromatic N) is 1. The highest BCUT2D eigenvalue weighted by atomic mass is 16.6. The lowest BCUT2D eigenvalue weighted by molar-refractivity contribution is -0.160. The summed E-state index contributed by atoms with van der Waals surface area (Å²) in [6.07, 6.45) is 2.60. The Balaban J connectivity index is 3.57. The fraction of sp³-hybridized carbons (Fsp3) is 0.800. The molecule has 0 aromatic heterocycles. The molecule has 1 unspecified atom stereocenters. The summed E-state index contributed by atoms with van der Waals surface area (Å²) in [6, 6.07) is -1.55. The van der Waals surface area contributed by atoms with Crippen molar-refractivity contribution in [2.45, 2.75) is 118 Å². The molecule has 0 saturated carbocycles. The van der Waals surface area contributed by atoms with Gasteiger partial charge >= 0.3 is 12.1 Å². The summed E-state index contributed by atoms with van der Waals surface area (Å²) in [4.78, 5) is 40.2. The number of hydrogen-bond acceptors (Lipinski definition) is 5. The minimum atomic E-state index is -0.793. The maximum absolute atomic E-state index is 13.4. The highest BCUT2D eigenvalue weighted by Gasteiger charge is 2.52. The van der Waals surface area contributed by atoms with E-state index in [9.17, 15) is 14.4 Å². The molecule has 4 atom stereocenters. The van der Waals surface area contributed by atoms with E-state index in [-0.39, 0.29) is 23.8 Å². The van der Waals surface area contributed by atoms with Gasteiger partial charge in [-0.05, 0) is 74.1 Å². The van der Waals surface area contributed by atoms with Crippen molar-refractivity contribution in [3.63, 3.8) is 0 Å². The van der Waals surface area contributed by atoms with Crippen LogP contribution in [0, 0.1) is 11.8 Å². The van der Waals surface area contributed by atoms with Gasteiger partial charge in [0.2, 0.25) is 5.91 Å². The van der Waals surface area contributed by atoms with Gasteiger partial charge < -0.3 is 14.8 Å². The minimum Gasteiger partial charge on any atom is -0.458 e. The van der Waals surface area contributed by atoms with Gasteiger partial charge in [0, 0.05) is 12.8 Å². The molecule has 0 aromatic rings. The fourth-order valence-electron chi connectivity index (χ4n) is 4.21. The number of ether oxygens (including phenoxy) is 2. The van der Waals surface area contributed by atoms with Crippen LogP contribution in [-0.2, 0) is 19.1 Å². The van der Waals surface area contributed by atoms with Crippen LogP contribution in [0.15, 0.2) is 11.6 Å². The zero-order chi connectivity index (χ0) is 25.0. The maximum atomic E-state index is 13.4. The lowest BCUT2D eigenvalue weighted by atomic mass is 9.87. The molecule has 184 valence electrons. The van der Waals surface area contributed by atoms with Crippen molar-refractivity contribution >= 4 is 18.0 Å². The fourth-order valence-corrected chi connectivity index (χ4v) is 4.21. The van der Waals surface area contributed by atoms with Crippen LogP contribution >= 0.6 is 0 Å². The summed E-state index contributed by atoms with van der Waals surface area (Å²) in [5, 5.41) is 3.04. The van der Waals surface area contributed by atoms with E-state index in [1.165, 1.54) is 11.8 Å². The van der Waals surface area contributed by atoms with E-state index in [0.29, 0.717) is 12.8 Å². The summed E-state index contributed by atoms with van der Waals surface area (Å²) in [5.74, 6) is -0.471. The topological polar surface area (TPSA) is 84.9 Å². The molecule has 0 radical (unpaired) electrons. The van der Waals surface area contributed by atoms with Crippen molar-refractivity contribution in [1.29, 1.82) is 0 Å². The van der Waals surface area contributed by atoms with Crippen molar-refractivity contribution in [2.24, 2.45) is 11.8 Å². The van der Waals surface area contributed by atoms with Gasteiger partial charge in [-0.3, -0.25) is 9.69 Å². The summed E-state index contributed by atoms with van der Waals surface area (Å²) < 4.78 is 11.4. The Morgan fingerprint density at radius 3 is 1.94 bits per heavy atom. The molecule has 1 rings (SSSR count). The molecule has 1 heterocycles. The number of carbonyl (C=O) groups is 3. The first-order valence-electron chi connectivity index (χ1n) is 11.6. The molecular formula is C25H44N2O5. The van der Waals surface area contributed by atoms with Crippen molar-refractivity contribution in [1.82, 2.24) is 10.2 Å². The van der Waals surface area contributed by atoms with Crippen LogP contribution in [-0.4, -0.2) is 52.2 Å². The number of amides is 2. The molecule has 2 amide bonds. The molecule has 7 heteroatoms. The third-order valence-electron chi connectivity index (χ3n) is 4.95. The van der Waals surface area contributed by atoms with Crippen molar-refractivity contribution < 1.29 is 23.9 Å². The highest BCUT2D eigenvalue weighted by molar-refractivity contribution is 5.83. The van der Waals surface area contributed by atoms with Crippen LogP contribution in [0.25, 0.3) is 0 Å². The van der Waals surface area contributed by atoms with Crippen molar-refractivity contribution in [3.8, 4) is 0 Å². The van der Waals surface area contributed by atoms with Gasteiger partial charge in [0.15, 0.2) is 0 Å². The van der Waals surface area contributed by atoms with E-state index < -0.39 is 35.3 Å². The van der Waals surface area contributed by atoms with E-state index in [2.05, 4.69) is 25.2 Å². The molecule has 7 nitrogen and oxygen atoms in total. The molecule has 1 saturated heterocycles. The first-order valence-corrected chi connectivity index (χ1v) is 11.6. The zero-order valence-electron chi connectivity index (χ0n) is 21.9. The second-order valence-corrected chi connectivity index (χ2v) is 11.5. The number of esters is 1. The van der Waals surface area contributed by atoms with E-state index in [4.69, 9.17) is 9.47 Å². The molecule has 1 fully saturated rings. The van der Waals surface area contributed by atoms with Gasteiger partial charge in [0.05, 0.1) is 12.1 Å². The third kappa shape index (κ3) is 8.83. The molecular weight excluding hydrogens is 408 g/mol. The van der Waals surface area contributed by atoms with Crippen LogP contribution in [0.4, 0.5) is 4.79 Å². The number of likely N-dealkylation sites (tertiary alicyclic amines) is 1. The molecule has 0 spiro atoms. The number of hydrogen-bond donors (Lipinski definition) is 1. The van der Waals surface area contributed by atoms with Gasteiger partial charge in [-0.1, -0.05) is 25.5 Å². The van der Waals surface area contributed by atoms with Crippen molar-refractivity contribution in [2.75, 3.05) is 0 Å². The van der Waals surface area contributed by atoms with Gasteiger partial charge in [-0.15, -0.1) is 0 Å². The van der Waals surface area contributed by atoms with Crippen LogP contribution in [0.5, 0.6) is 0 Å². The maximum Gasteiger partial charge on any atom is 0.411 e. The molecule has 0 aromatic carbocycles. The van der Waals surface area contributed by atoms with Gasteiger partial charge in [0.25, 0.3) is 0 Å². The number of nitrogens with one attached hydrogen (secondary N) is 1. The lowest BCUT2D eigenvalue weighted by Crippen LogP contribution is -2.57.